The molecule has 110 valence electrons. The number of rotatable bonds is 3. The predicted octanol–water partition coefficient (Wildman–Crippen LogP) is 2.17. The Bertz CT molecular complexity index is 507. The molecule has 2 atom stereocenters. The first-order chi connectivity index (χ1) is 9.46. The molecule has 0 spiro atoms. The monoisotopic (exact) mass is 280 g/mol. The molecule has 0 saturated heterocycles. The lowest BCUT2D eigenvalue weighted by molar-refractivity contribution is 0.0849. The fraction of sp³-hybridized carbons (Fsp3) is 0.533. The molecule has 1 aliphatic rings. The number of carbonyl (C=O) groups excluding carboxylic acids is 1. The van der Waals surface area contributed by atoms with Crippen molar-refractivity contribution in [3.8, 4) is 5.75 Å². The first-order valence-corrected chi connectivity index (χ1v) is 6.97. The van der Waals surface area contributed by atoms with Crippen molar-refractivity contribution in [1.82, 2.24) is 5.32 Å². The van der Waals surface area contributed by atoms with Crippen molar-refractivity contribution in [3.05, 3.63) is 29.6 Å². The van der Waals surface area contributed by atoms with Crippen LogP contribution in [-0.4, -0.2) is 23.1 Å². The highest BCUT2D eigenvalue weighted by atomic mass is 19.1. The van der Waals surface area contributed by atoms with E-state index in [0.29, 0.717) is 12.5 Å². The Morgan fingerprint density at radius 3 is 2.95 bits per heavy atom. The molecule has 0 bridgehead atoms. The van der Waals surface area contributed by atoms with Gasteiger partial charge in [0.05, 0.1) is 11.1 Å². The van der Waals surface area contributed by atoms with Crippen LogP contribution in [-0.2, 0) is 0 Å². The average Bonchev–Trinajstić information content (AvgIpc) is 2.38. The standard InChI is InChI=1S/C15H21FN2O2/c1-10-3-2-6-15(8-10,9-17)18-14(20)12-5-4-11(19)7-13(12)16/h4-5,7,10,19H,2-3,6,8-9,17H2,1H3,(H,18,20). The van der Waals surface area contributed by atoms with E-state index in [0.717, 1.165) is 31.7 Å². The highest BCUT2D eigenvalue weighted by Gasteiger charge is 2.35. The smallest absolute Gasteiger partial charge is 0.254 e. The molecule has 4 nitrogen and oxygen atoms in total. The van der Waals surface area contributed by atoms with E-state index in [4.69, 9.17) is 5.73 Å². The van der Waals surface area contributed by atoms with Crippen molar-refractivity contribution in [2.24, 2.45) is 11.7 Å². The number of aromatic hydroxyl groups is 1. The van der Waals surface area contributed by atoms with Gasteiger partial charge in [-0.1, -0.05) is 19.8 Å². The molecule has 0 aromatic heterocycles. The number of amides is 1. The minimum atomic E-state index is -0.724. The second-order valence-electron chi connectivity index (χ2n) is 5.80. The maximum Gasteiger partial charge on any atom is 0.254 e. The van der Waals surface area contributed by atoms with Crippen LogP contribution in [0.1, 0.15) is 43.0 Å². The van der Waals surface area contributed by atoms with Gasteiger partial charge in [0.15, 0.2) is 0 Å². The lowest BCUT2D eigenvalue weighted by atomic mass is 9.76. The van der Waals surface area contributed by atoms with Gasteiger partial charge in [0.1, 0.15) is 11.6 Å². The number of carbonyl (C=O) groups is 1. The van der Waals surface area contributed by atoms with Gasteiger partial charge in [0.25, 0.3) is 5.91 Å². The number of nitrogens with one attached hydrogen (secondary N) is 1. The molecule has 5 heteroatoms. The second-order valence-corrected chi connectivity index (χ2v) is 5.80. The van der Waals surface area contributed by atoms with E-state index in [9.17, 15) is 14.3 Å². The van der Waals surface area contributed by atoms with Gasteiger partial charge in [0.2, 0.25) is 0 Å². The topological polar surface area (TPSA) is 75.3 Å². The van der Waals surface area contributed by atoms with Crippen molar-refractivity contribution in [2.75, 3.05) is 6.54 Å². The van der Waals surface area contributed by atoms with Crippen LogP contribution in [0.5, 0.6) is 5.75 Å². The van der Waals surface area contributed by atoms with Crippen LogP contribution >= 0.6 is 0 Å². The molecule has 4 N–H and O–H groups in total. The van der Waals surface area contributed by atoms with Crippen molar-refractivity contribution in [1.29, 1.82) is 0 Å². The SMILES string of the molecule is CC1CCCC(CN)(NC(=O)c2ccc(O)cc2F)C1. The van der Waals surface area contributed by atoms with E-state index in [2.05, 4.69) is 12.2 Å². The number of nitrogens with two attached hydrogens (primary N) is 1. The maximum atomic E-state index is 13.7. The summed E-state index contributed by atoms with van der Waals surface area (Å²) in [5.74, 6) is -0.892. The van der Waals surface area contributed by atoms with Gasteiger partial charge in [-0.05, 0) is 30.9 Å². The summed E-state index contributed by atoms with van der Waals surface area (Å²) < 4.78 is 13.7. The number of hydrogen-bond donors (Lipinski definition) is 3. The first-order valence-electron chi connectivity index (χ1n) is 6.97. The van der Waals surface area contributed by atoms with Gasteiger partial charge in [-0.3, -0.25) is 4.79 Å². The Morgan fingerprint density at radius 2 is 2.35 bits per heavy atom. The fourth-order valence-corrected chi connectivity index (χ4v) is 3.01. The summed E-state index contributed by atoms with van der Waals surface area (Å²) >= 11 is 0. The molecule has 1 saturated carbocycles. The van der Waals surface area contributed by atoms with Gasteiger partial charge < -0.3 is 16.2 Å². The number of phenols is 1. The molecule has 0 aliphatic heterocycles. The Kier molecular flexibility index (Phi) is 4.28. The van der Waals surface area contributed by atoms with Gasteiger partial charge >= 0.3 is 0 Å². The highest BCUT2D eigenvalue weighted by molar-refractivity contribution is 5.95. The molecule has 0 radical (unpaired) electrons. The van der Waals surface area contributed by atoms with E-state index >= 15 is 0 Å². The van der Waals surface area contributed by atoms with Crippen LogP contribution < -0.4 is 11.1 Å². The van der Waals surface area contributed by atoms with E-state index < -0.39 is 17.3 Å². The first kappa shape index (κ1) is 14.8. The normalized spacial score (nSPS) is 26.2. The average molecular weight is 280 g/mol. The minimum absolute atomic E-state index is 0.0612. The van der Waals surface area contributed by atoms with Gasteiger partial charge in [-0.15, -0.1) is 0 Å². The molecule has 0 heterocycles. The minimum Gasteiger partial charge on any atom is -0.508 e. The van der Waals surface area contributed by atoms with Crippen molar-refractivity contribution in [2.45, 2.75) is 38.1 Å². The molecule has 1 aromatic rings. The van der Waals surface area contributed by atoms with Crippen LogP contribution in [0.25, 0.3) is 0 Å². The predicted molar refractivity (Wildman–Crippen MR) is 74.9 cm³/mol. The molecule has 1 amide bonds. The summed E-state index contributed by atoms with van der Waals surface area (Å²) in [6, 6.07) is 3.53. The Labute approximate surface area is 118 Å². The third-order valence-corrected chi connectivity index (χ3v) is 4.06. The Balaban J connectivity index is 2.16. The summed E-state index contributed by atoms with van der Waals surface area (Å²) in [5, 5.41) is 12.1. The molecular formula is C15H21FN2O2. The van der Waals surface area contributed by atoms with Gasteiger partial charge in [-0.25, -0.2) is 4.39 Å². The lowest BCUT2D eigenvalue weighted by Gasteiger charge is -2.40. The number of hydrogen-bond acceptors (Lipinski definition) is 3. The quantitative estimate of drug-likeness (QED) is 0.794. The van der Waals surface area contributed by atoms with E-state index in [1.807, 2.05) is 0 Å². The molecule has 2 unspecified atom stereocenters. The van der Waals surface area contributed by atoms with Crippen LogP contribution in [0, 0.1) is 11.7 Å². The van der Waals surface area contributed by atoms with E-state index in [1.165, 1.54) is 12.1 Å². The number of halogens is 1. The zero-order valence-corrected chi connectivity index (χ0v) is 11.7. The molecule has 1 aromatic carbocycles. The van der Waals surface area contributed by atoms with E-state index in [-0.39, 0.29) is 11.3 Å². The Hall–Kier alpha value is -1.62. The van der Waals surface area contributed by atoms with E-state index in [1.54, 1.807) is 0 Å². The largest absolute Gasteiger partial charge is 0.508 e. The maximum absolute atomic E-state index is 13.7. The number of phenolic OH excluding ortho intramolecular Hbond substituents is 1. The summed E-state index contributed by atoms with van der Waals surface area (Å²) in [5.41, 5.74) is 5.33. The van der Waals surface area contributed by atoms with Crippen molar-refractivity contribution >= 4 is 5.91 Å². The van der Waals surface area contributed by atoms with Crippen molar-refractivity contribution in [3.63, 3.8) is 0 Å². The number of benzene rings is 1. The second kappa shape index (κ2) is 5.79. The third kappa shape index (κ3) is 3.10. The van der Waals surface area contributed by atoms with Crippen LogP contribution in [0.2, 0.25) is 0 Å². The van der Waals surface area contributed by atoms with Crippen LogP contribution in [0.15, 0.2) is 18.2 Å². The zero-order valence-electron chi connectivity index (χ0n) is 11.7. The van der Waals surface area contributed by atoms with Gasteiger partial charge in [-0.2, -0.15) is 0 Å². The molecule has 2 rings (SSSR count). The summed E-state index contributed by atoms with van der Waals surface area (Å²) in [6.45, 7) is 2.49. The van der Waals surface area contributed by atoms with Crippen LogP contribution in [0.4, 0.5) is 4.39 Å². The fourth-order valence-electron chi connectivity index (χ4n) is 3.01. The van der Waals surface area contributed by atoms with Gasteiger partial charge in [0, 0.05) is 12.6 Å². The Morgan fingerprint density at radius 1 is 1.60 bits per heavy atom. The molecule has 1 aliphatic carbocycles. The highest BCUT2D eigenvalue weighted by Crippen LogP contribution is 2.32. The summed E-state index contributed by atoms with van der Waals surface area (Å²) in [4.78, 5) is 12.2. The summed E-state index contributed by atoms with van der Waals surface area (Å²) in [7, 11) is 0. The van der Waals surface area contributed by atoms with Crippen LogP contribution in [0.3, 0.4) is 0 Å². The zero-order chi connectivity index (χ0) is 14.8. The van der Waals surface area contributed by atoms with Crippen molar-refractivity contribution < 1.29 is 14.3 Å². The summed E-state index contributed by atoms with van der Waals surface area (Å²) in [6.07, 6.45) is 3.77. The third-order valence-electron chi connectivity index (χ3n) is 4.06. The molecule has 1 fully saturated rings. The lowest BCUT2D eigenvalue weighted by Crippen LogP contribution is -2.56. The molecule has 20 heavy (non-hydrogen) atoms. The molecular weight excluding hydrogens is 259 g/mol.